The van der Waals surface area contributed by atoms with Gasteiger partial charge in [0.05, 0.1) is 5.71 Å². The number of hydrogen-bond donors (Lipinski definition) is 1. The molecule has 0 radical (unpaired) electrons. The van der Waals surface area contributed by atoms with Crippen LogP contribution in [0.4, 0.5) is 8.78 Å². The molecule has 2 nitrogen and oxygen atoms in total. The smallest absolute Gasteiger partial charge is 0.132 e. The molecule has 0 heterocycles. The van der Waals surface area contributed by atoms with Gasteiger partial charge >= 0.3 is 0 Å². The van der Waals surface area contributed by atoms with Crippen LogP contribution in [0.1, 0.15) is 34.6 Å². The van der Waals surface area contributed by atoms with Crippen LogP contribution in [0.3, 0.4) is 0 Å². The van der Waals surface area contributed by atoms with Crippen molar-refractivity contribution < 1.29 is 14.0 Å². The highest BCUT2D eigenvalue weighted by atomic mass is 79.9. The van der Waals surface area contributed by atoms with Gasteiger partial charge in [0.25, 0.3) is 0 Å². The highest BCUT2D eigenvalue weighted by molar-refractivity contribution is 9.10. The van der Waals surface area contributed by atoms with Crippen molar-refractivity contribution in [1.29, 1.82) is 0 Å². The summed E-state index contributed by atoms with van der Waals surface area (Å²) in [5, 5.41) is 12.8. The van der Waals surface area contributed by atoms with Crippen LogP contribution in [0, 0.1) is 18.6 Å². The van der Waals surface area contributed by atoms with Gasteiger partial charge in [-0.1, -0.05) is 57.5 Å². The van der Waals surface area contributed by atoms with E-state index in [2.05, 4.69) is 21.1 Å². The van der Waals surface area contributed by atoms with Crippen molar-refractivity contribution in [3.05, 3.63) is 105 Å². The third-order valence-electron chi connectivity index (χ3n) is 4.59. The van der Waals surface area contributed by atoms with Crippen molar-refractivity contribution in [2.24, 2.45) is 5.16 Å². The molecule has 0 bridgehead atoms. The molecule has 3 aromatic rings. The summed E-state index contributed by atoms with van der Waals surface area (Å²) in [5.41, 5.74) is 3.17. The minimum Gasteiger partial charge on any atom is -0.411 e. The Morgan fingerprint density at radius 2 is 1.74 bits per heavy atom. The van der Waals surface area contributed by atoms with Crippen LogP contribution >= 0.6 is 15.9 Å². The van der Waals surface area contributed by atoms with Crippen molar-refractivity contribution in [3.63, 3.8) is 0 Å². The quantitative estimate of drug-likeness (QED) is 0.282. The molecule has 0 saturated carbocycles. The summed E-state index contributed by atoms with van der Waals surface area (Å²) in [6.45, 7) is 2.00. The van der Waals surface area contributed by atoms with Crippen LogP contribution in [0.5, 0.6) is 0 Å². The third-order valence-corrected chi connectivity index (χ3v) is 5.12. The number of rotatable bonds is 5. The van der Waals surface area contributed by atoms with Gasteiger partial charge in [-0.25, -0.2) is 8.78 Å². The van der Waals surface area contributed by atoms with Gasteiger partial charge in [-0.3, -0.25) is 0 Å². The van der Waals surface area contributed by atoms with Gasteiger partial charge in [0, 0.05) is 22.4 Å². The van der Waals surface area contributed by atoms with Gasteiger partial charge in [0.1, 0.15) is 11.6 Å². The number of hydrogen-bond acceptors (Lipinski definition) is 2. The SMILES string of the molecule is Cc1ccccc1C(CC(=NO)c1cc(F)ccc1F)c1ccc(Br)cc1. The number of benzene rings is 3. The molecule has 0 aliphatic rings. The summed E-state index contributed by atoms with van der Waals surface area (Å²) in [6.07, 6.45) is 0.226. The maximum atomic E-state index is 14.2. The first-order valence-corrected chi connectivity index (χ1v) is 9.26. The van der Waals surface area contributed by atoms with E-state index in [1.807, 2.05) is 55.5 Å². The maximum Gasteiger partial charge on any atom is 0.132 e. The number of nitrogens with zero attached hydrogens (tertiary/aromatic N) is 1. The molecule has 5 heteroatoms. The molecule has 0 fully saturated rings. The fourth-order valence-electron chi connectivity index (χ4n) is 3.20. The molecule has 138 valence electrons. The zero-order valence-electron chi connectivity index (χ0n) is 14.7. The molecule has 1 N–H and O–H groups in total. The first-order chi connectivity index (χ1) is 13.0. The minimum absolute atomic E-state index is 0.0341. The van der Waals surface area contributed by atoms with Crippen molar-refractivity contribution in [1.82, 2.24) is 0 Å². The maximum absolute atomic E-state index is 14.2. The van der Waals surface area contributed by atoms with E-state index in [1.54, 1.807) is 0 Å². The predicted molar refractivity (Wildman–Crippen MR) is 106 cm³/mol. The van der Waals surface area contributed by atoms with E-state index in [9.17, 15) is 14.0 Å². The Kier molecular flexibility index (Phi) is 6.01. The second-order valence-electron chi connectivity index (χ2n) is 6.34. The number of oxime groups is 1. The molecule has 0 saturated heterocycles. The highest BCUT2D eigenvalue weighted by Crippen LogP contribution is 2.33. The Morgan fingerprint density at radius 3 is 2.41 bits per heavy atom. The molecule has 0 aromatic heterocycles. The standard InChI is InChI=1S/C22H18BrF2NO/c1-14-4-2-3-5-18(14)19(15-6-8-16(23)9-7-15)13-22(26-27)20-12-17(24)10-11-21(20)25/h2-12,19,27H,13H2,1H3. The Hall–Kier alpha value is -2.53. The van der Waals surface area contributed by atoms with E-state index in [0.29, 0.717) is 0 Å². The van der Waals surface area contributed by atoms with Crippen LogP contribution in [0.25, 0.3) is 0 Å². The molecular weight excluding hydrogens is 412 g/mol. The Balaban J connectivity index is 2.06. The molecule has 3 rings (SSSR count). The molecule has 0 aliphatic carbocycles. The van der Waals surface area contributed by atoms with Gasteiger partial charge in [0.2, 0.25) is 0 Å². The number of aryl methyl sites for hydroxylation is 1. The summed E-state index contributed by atoms with van der Waals surface area (Å²) in [6, 6.07) is 18.8. The van der Waals surface area contributed by atoms with Crippen molar-refractivity contribution in [2.45, 2.75) is 19.3 Å². The van der Waals surface area contributed by atoms with Crippen LogP contribution < -0.4 is 0 Å². The lowest BCUT2D eigenvalue weighted by atomic mass is 9.83. The lowest BCUT2D eigenvalue weighted by Crippen LogP contribution is -2.13. The average Bonchev–Trinajstić information content (AvgIpc) is 2.67. The summed E-state index contributed by atoms with van der Waals surface area (Å²) in [7, 11) is 0. The zero-order chi connectivity index (χ0) is 19.4. The molecule has 0 spiro atoms. The summed E-state index contributed by atoms with van der Waals surface area (Å²) >= 11 is 3.43. The van der Waals surface area contributed by atoms with Gasteiger partial charge in [-0.05, 0) is 53.9 Å². The van der Waals surface area contributed by atoms with E-state index in [1.165, 1.54) is 0 Å². The van der Waals surface area contributed by atoms with Gasteiger partial charge in [-0.15, -0.1) is 0 Å². The minimum atomic E-state index is -0.622. The van der Waals surface area contributed by atoms with Crippen LogP contribution in [-0.4, -0.2) is 10.9 Å². The van der Waals surface area contributed by atoms with Gasteiger partial charge < -0.3 is 5.21 Å². The Morgan fingerprint density at radius 1 is 1.04 bits per heavy atom. The molecule has 3 aromatic carbocycles. The van der Waals surface area contributed by atoms with Crippen molar-refractivity contribution in [3.8, 4) is 0 Å². The first-order valence-electron chi connectivity index (χ1n) is 8.47. The summed E-state index contributed by atoms with van der Waals surface area (Å²) < 4.78 is 28.8. The van der Waals surface area contributed by atoms with Crippen LogP contribution in [0.15, 0.2) is 76.4 Å². The molecular formula is C22H18BrF2NO. The molecule has 1 unspecified atom stereocenters. The second-order valence-corrected chi connectivity index (χ2v) is 7.25. The largest absolute Gasteiger partial charge is 0.411 e. The van der Waals surface area contributed by atoms with E-state index < -0.39 is 11.6 Å². The topological polar surface area (TPSA) is 32.6 Å². The van der Waals surface area contributed by atoms with E-state index in [-0.39, 0.29) is 23.6 Å². The Bertz CT molecular complexity index is 970. The zero-order valence-corrected chi connectivity index (χ0v) is 16.2. The molecule has 27 heavy (non-hydrogen) atoms. The Labute approximate surface area is 165 Å². The van der Waals surface area contributed by atoms with Crippen molar-refractivity contribution >= 4 is 21.6 Å². The van der Waals surface area contributed by atoms with E-state index in [4.69, 9.17) is 0 Å². The highest BCUT2D eigenvalue weighted by Gasteiger charge is 2.22. The summed E-state index contributed by atoms with van der Waals surface area (Å²) in [5.74, 6) is -1.37. The lowest BCUT2D eigenvalue weighted by molar-refractivity contribution is 0.317. The van der Waals surface area contributed by atoms with Crippen LogP contribution in [0.2, 0.25) is 0 Å². The average molecular weight is 430 g/mol. The van der Waals surface area contributed by atoms with Gasteiger partial charge in [0.15, 0.2) is 0 Å². The predicted octanol–water partition coefficient (Wildman–Crippen LogP) is 6.44. The second kappa shape index (κ2) is 8.44. The van der Waals surface area contributed by atoms with Crippen molar-refractivity contribution in [2.75, 3.05) is 0 Å². The fraction of sp³-hybridized carbons (Fsp3) is 0.136. The van der Waals surface area contributed by atoms with E-state index >= 15 is 0 Å². The molecule has 0 aliphatic heterocycles. The molecule has 0 amide bonds. The van der Waals surface area contributed by atoms with E-state index in [0.717, 1.165) is 39.4 Å². The lowest BCUT2D eigenvalue weighted by Gasteiger charge is -2.21. The first kappa shape index (κ1) is 19.2. The normalized spacial score (nSPS) is 12.8. The summed E-state index contributed by atoms with van der Waals surface area (Å²) in [4.78, 5) is 0. The monoisotopic (exact) mass is 429 g/mol. The number of halogens is 3. The molecule has 1 atom stereocenters. The fourth-order valence-corrected chi connectivity index (χ4v) is 3.46. The van der Waals surface area contributed by atoms with Crippen LogP contribution in [-0.2, 0) is 0 Å². The third kappa shape index (κ3) is 4.42. The van der Waals surface area contributed by atoms with Gasteiger partial charge in [-0.2, -0.15) is 0 Å².